The number of aryl methyl sites for hydroxylation is 1. The van der Waals surface area contributed by atoms with E-state index in [9.17, 15) is 4.79 Å². The van der Waals surface area contributed by atoms with Gasteiger partial charge in [-0.25, -0.2) is 0 Å². The highest BCUT2D eigenvalue weighted by atomic mass is 16.6. The van der Waals surface area contributed by atoms with Crippen LogP contribution in [-0.2, 0) is 9.47 Å². The summed E-state index contributed by atoms with van der Waals surface area (Å²) < 4.78 is 10.7. The van der Waals surface area contributed by atoms with Crippen LogP contribution >= 0.6 is 0 Å². The first-order valence-corrected chi connectivity index (χ1v) is 6.11. The topological polar surface area (TPSA) is 98.5 Å². The Morgan fingerprint density at radius 3 is 3.11 bits per heavy atom. The molecule has 1 amide bonds. The molecule has 1 saturated heterocycles. The molecule has 1 atom stereocenters. The third kappa shape index (κ3) is 3.63. The minimum atomic E-state index is -0.241. The van der Waals surface area contributed by atoms with Crippen molar-refractivity contribution in [3.63, 3.8) is 0 Å². The number of carbonyl (C=O) groups is 1. The summed E-state index contributed by atoms with van der Waals surface area (Å²) in [6.07, 6.45) is 1.39. The number of hydrazine groups is 1. The molecule has 0 radical (unpaired) electrons. The van der Waals surface area contributed by atoms with E-state index in [1.165, 1.54) is 6.20 Å². The highest BCUT2D eigenvalue weighted by Gasteiger charge is 2.17. The minimum absolute atomic E-state index is 0.106. The molecule has 1 aromatic heterocycles. The van der Waals surface area contributed by atoms with E-state index < -0.39 is 0 Å². The van der Waals surface area contributed by atoms with Crippen molar-refractivity contribution in [3.05, 3.63) is 23.5 Å². The van der Waals surface area contributed by atoms with Crippen molar-refractivity contribution in [2.45, 2.75) is 13.0 Å². The summed E-state index contributed by atoms with van der Waals surface area (Å²) in [7, 11) is 0. The van der Waals surface area contributed by atoms with Gasteiger partial charge in [0.15, 0.2) is 0 Å². The number of pyridine rings is 1. The zero-order valence-electron chi connectivity index (χ0n) is 10.8. The van der Waals surface area contributed by atoms with Crippen LogP contribution in [0.3, 0.4) is 0 Å². The summed E-state index contributed by atoms with van der Waals surface area (Å²) in [4.78, 5) is 16.1. The first kappa shape index (κ1) is 13.7. The maximum atomic E-state index is 12.0. The van der Waals surface area contributed by atoms with Gasteiger partial charge in [0.1, 0.15) is 0 Å². The molecule has 0 spiro atoms. The molecule has 2 rings (SSSR count). The van der Waals surface area contributed by atoms with Gasteiger partial charge in [-0.3, -0.25) is 15.6 Å². The Balaban J connectivity index is 1.95. The van der Waals surface area contributed by atoms with E-state index in [4.69, 9.17) is 15.3 Å². The molecule has 0 aliphatic carbocycles. The molecule has 1 fully saturated rings. The third-order valence-electron chi connectivity index (χ3n) is 2.82. The van der Waals surface area contributed by atoms with Crippen molar-refractivity contribution in [3.8, 4) is 0 Å². The average Bonchev–Trinajstić information content (AvgIpc) is 2.45. The Kier molecular flexibility index (Phi) is 4.67. The monoisotopic (exact) mass is 266 g/mol. The Bertz CT molecular complexity index is 447. The summed E-state index contributed by atoms with van der Waals surface area (Å²) in [6.45, 7) is 3.89. The van der Waals surface area contributed by atoms with Gasteiger partial charge in [-0.15, -0.1) is 0 Å². The minimum Gasteiger partial charge on any atom is -0.376 e. The largest absolute Gasteiger partial charge is 0.376 e. The molecule has 2 heterocycles. The molecule has 1 aromatic rings. The van der Waals surface area contributed by atoms with Gasteiger partial charge in [-0.1, -0.05) is 0 Å². The van der Waals surface area contributed by atoms with Gasteiger partial charge < -0.3 is 20.2 Å². The predicted molar refractivity (Wildman–Crippen MR) is 69.7 cm³/mol. The van der Waals surface area contributed by atoms with E-state index in [-0.39, 0.29) is 12.0 Å². The number of ether oxygens (including phenoxy) is 2. The van der Waals surface area contributed by atoms with E-state index in [0.29, 0.717) is 37.6 Å². The Hall–Kier alpha value is -1.70. The first-order valence-electron chi connectivity index (χ1n) is 6.11. The van der Waals surface area contributed by atoms with E-state index in [0.717, 1.165) is 5.69 Å². The molecule has 104 valence electrons. The van der Waals surface area contributed by atoms with Crippen LogP contribution in [0.4, 0.5) is 5.69 Å². The van der Waals surface area contributed by atoms with Crippen molar-refractivity contribution in [2.24, 2.45) is 5.84 Å². The van der Waals surface area contributed by atoms with Crippen LogP contribution in [0.2, 0.25) is 0 Å². The molecular formula is C12H18N4O3. The molecule has 1 aliphatic rings. The second-order valence-corrected chi connectivity index (χ2v) is 4.29. The van der Waals surface area contributed by atoms with Crippen LogP contribution in [0, 0.1) is 6.92 Å². The highest BCUT2D eigenvalue weighted by molar-refractivity contribution is 5.99. The van der Waals surface area contributed by atoms with Crippen LogP contribution < -0.4 is 16.6 Å². The highest BCUT2D eigenvalue weighted by Crippen LogP contribution is 2.14. The third-order valence-corrected chi connectivity index (χ3v) is 2.82. The van der Waals surface area contributed by atoms with Crippen LogP contribution in [0.15, 0.2) is 12.3 Å². The Morgan fingerprint density at radius 1 is 1.58 bits per heavy atom. The number of nitrogens with two attached hydrogens (primary N) is 1. The molecule has 0 aromatic carbocycles. The summed E-state index contributed by atoms with van der Waals surface area (Å²) >= 11 is 0. The number of nitrogen functional groups attached to an aromatic ring is 1. The predicted octanol–water partition coefficient (Wildman–Crippen LogP) is -0.179. The van der Waals surface area contributed by atoms with Crippen LogP contribution in [0.25, 0.3) is 0 Å². The number of aromatic nitrogens is 1. The lowest BCUT2D eigenvalue weighted by Gasteiger charge is -2.23. The normalized spacial score (nSPS) is 18.9. The fourth-order valence-electron chi connectivity index (χ4n) is 1.82. The zero-order valence-corrected chi connectivity index (χ0v) is 10.8. The van der Waals surface area contributed by atoms with Gasteiger partial charge in [-0.2, -0.15) is 0 Å². The lowest BCUT2D eigenvalue weighted by Crippen LogP contribution is -2.40. The second kappa shape index (κ2) is 6.46. The maximum Gasteiger partial charge on any atom is 0.255 e. The zero-order chi connectivity index (χ0) is 13.7. The number of rotatable bonds is 4. The lowest BCUT2D eigenvalue weighted by molar-refractivity contribution is -0.0855. The average molecular weight is 266 g/mol. The fourth-order valence-corrected chi connectivity index (χ4v) is 1.82. The van der Waals surface area contributed by atoms with Gasteiger partial charge >= 0.3 is 0 Å². The van der Waals surface area contributed by atoms with Gasteiger partial charge in [0.2, 0.25) is 0 Å². The molecule has 7 nitrogen and oxygen atoms in total. The number of nitrogens with one attached hydrogen (secondary N) is 2. The molecule has 7 heteroatoms. The Labute approximate surface area is 111 Å². The number of hydrogen-bond acceptors (Lipinski definition) is 6. The van der Waals surface area contributed by atoms with Crippen LogP contribution in [0.1, 0.15) is 16.1 Å². The number of carbonyl (C=O) groups excluding carboxylic acids is 1. The quantitative estimate of drug-likeness (QED) is 0.516. The van der Waals surface area contributed by atoms with E-state index in [2.05, 4.69) is 15.7 Å². The molecule has 1 aliphatic heterocycles. The lowest BCUT2D eigenvalue weighted by atomic mass is 10.2. The van der Waals surface area contributed by atoms with Gasteiger partial charge in [0.05, 0.1) is 37.2 Å². The molecular weight excluding hydrogens is 248 g/mol. The first-order chi connectivity index (χ1) is 9.20. The number of anilines is 1. The summed E-state index contributed by atoms with van der Waals surface area (Å²) in [5.41, 5.74) is 4.24. The van der Waals surface area contributed by atoms with Crippen LogP contribution in [-0.4, -0.2) is 43.4 Å². The second-order valence-electron chi connectivity index (χ2n) is 4.29. The van der Waals surface area contributed by atoms with E-state index in [1.807, 2.05) is 6.92 Å². The van der Waals surface area contributed by atoms with Crippen LogP contribution in [0.5, 0.6) is 0 Å². The molecule has 0 bridgehead atoms. The van der Waals surface area contributed by atoms with Crippen molar-refractivity contribution >= 4 is 11.6 Å². The molecule has 19 heavy (non-hydrogen) atoms. The van der Waals surface area contributed by atoms with Crippen molar-refractivity contribution in [1.82, 2.24) is 10.3 Å². The number of hydrogen-bond donors (Lipinski definition) is 3. The van der Waals surface area contributed by atoms with Gasteiger partial charge in [-0.05, 0) is 13.0 Å². The van der Waals surface area contributed by atoms with Crippen molar-refractivity contribution in [1.29, 1.82) is 0 Å². The number of nitrogens with zero attached hydrogens (tertiary/aromatic N) is 1. The van der Waals surface area contributed by atoms with E-state index >= 15 is 0 Å². The van der Waals surface area contributed by atoms with Gasteiger partial charge in [0, 0.05) is 18.4 Å². The van der Waals surface area contributed by atoms with Crippen molar-refractivity contribution in [2.75, 3.05) is 31.8 Å². The maximum absolute atomic E-state index is 12.0. The molecule has 1 unspecified atom stereocenters. The molecule has 0 saturated carbocycles. The van der Waals surface area contributed by atoms with Crippen molar-refractivity contribution < 1.29 is 14.3 Å². The summed E-state index contributed by atoms with van der Waals surface area (Å²) in [6, 6.07) is 1.72. The van der Waals surface area contributed by atoms with Gasteiger partial charge in [0.25, 0.3) is 5.91 Å². The summed E-state index contributed by atoms with van der Waals surface area (Å²) in [5.74, 6) is 5.15. The standard InChI is InChI=1S/C12H18N4O3/c1-8-4-11(16-13)10(6-14-8)12(17)15-5-9-7-18-2-3-19-9/h4,6,9H,2-3,5,7,13H2,1H3,(H,14,16)(H,15,17). The fraction of sp³-hybridized carbons (Fsp3) is 0.500. The van der Waals surface area contributed by atoms with E-state index in [1.54, 1.807) is 6.07 Å². The molecule has 4 N–H and O–H groups in total. The Morgan fingerprint density at radius 2 is 2.42 bits per heavy atom. The SMILES string of the molecule is Cc1cc(NN)c(C(=O)NCC2COCCO2)cn1. The smallest absolute Gasteiger partial charge is 0.255 e. The number of amides is 1. The summed E-state index contributed by atoms with van der Waals surface area (Å²) in [5, 5.41) is 2.78.